The molecule has 3 aromatic carbocycles. The van der Waals surface area contributed by atoms with Gasteiger partial charge < -0.3 is 35.4 Å². The summed E-state index contributed by atoms with van der Waals surface area (Å²) in [5, 5.41) is 19.8. The summed E-state index contributed by atoms with van der Waals surface area (Å²) in [4.78, 5) is 22.1. The van der Waals surface area contributed by atoms with Gasteiger partial charge in [0.2, 0.25) is 0 Å². The Hall–Kier alpha value is -4.42. The Morgan fingerprint density at radius 3 is 1.05 bits per heavy atom. The molecule has 2 saturated carbocycles. The molecule has 16 heteroatoms. The molecule has 0 spiro atoms. The molecule has 3 atom stereocenters. The molecule has 438 valence electrons. The number of benzene rings is 3. The summed E-state index contributed by atoms with van der Waals surface area (Å²) in [6.07, 6.45) is 23.8. The molecule has 1 unspecified atom stereocenters. The van der Waals surface area contributed by atoms with Crippen LogP contribution < -0.4 is 16.0 Å². The second-order valence-electron chi connectivity index (χ2n) is 24.0. The van der Waals surface area contributed by atoms with Crippen molar-refractivity contribution in [2.45, 2.75) is 169 Å². The zero-order valence-corrected chi connectivity index (χ0v) is 50.8. The summed E-state index contributed by atoms with van der Waals surface area (Å²) in [7, 11) is 6.66. The summed E-state index contributed by atoms with van der Waals surface area (Å²) in [6.45, 7) is 7.76. The van der Waals surface area contributed by atoms with E-state index in [1.165, 1.54) is 71.0 Å². The van der Waals surface area contributed by atoms with Crippen molar-refractivity contribution in [3.8, 4) is 0 Å². The average molecular weight is 1160 g/mol. The lowest BCUT2D eigenvalue weighted by molar-refractivity contribution is 0.0610. The highest BCUT2D eigenvalue weighted by Gasteiger charge is 2.43. The number of halogens is 3. The maximum absolute atomic E-state index is 14.7. The van der Waals surface area contributed by atoms with Crippen molar-refractivity contribution in [2.75, 3.05) is 89.6 Å². The summed E-state index contributed by atoms with van der Waals surface area (Å²) in [6, 6.07) is 23.8. The molecule has 0 bridgehead atoms. The average Bonchev–Trinajstić information content (AvgIpc) is 4.52. The van der Waals surface area contributed by atoms with Crippen LogP contribution in [0.4, 0.5) is 28.6 Å². The molecule has 6 aliphatic rings. The number of likely N-dealkylation sites (tertiary alicyclic amines) is 3. The van der Waals surface area contributed by atoms with Gasteiger partial charge in [-0.3, -0.25) is 0 Å². The highest BCUT2D eigenvalue weighted by atomic mass is 32.1. The van der Waals surface area contributed by atoms with Crippen LogP contribution in [-0.4, -0.2) is 121 Å². The van der Waals surface area contributed by atoms with E-state index >= 15 is 0 Å². The number of hydrogen-bond acceptors (Lipinski definition) is 13. The van der Waals surface area contributed by atoms with Crippen molar-refractivity contribution in [3.05, 3.63) is 140 Å². The Morgan fingerprint density at radius 2 is 0.753 bits per heavy atom. The topological polar surface area (TPSA) is 93.7 Å². The Morgan fingerprint density at radius 1 is 0.444 bits per heavy atom. The molecule has 81 heavy (non-hydrogen) atoms. The largest absolute Gasteiger partial charge is 0.381 e. The first-order valence-corrected chi connectivity index (χ1v) is 33.2. The monoisotopic (exact) mass is 1160 g/mol. The van der Waals surface area contributed by atoms with Gasteiger partial charge in [0.05, 0.1) is 17.1 Å². The van der Waals surface area contributed by atoms with Crippen LogP contribution in [0.15, 0.2) is 88.9 Å². The second-order valence-corrected chi connectivity index (χ2v) is 26.6. The van der Waals surface area contributed by atoms with Crippen LogP contribution in [0.1, 0.15) is 169 Å². The number of nitrogens with one attached hydrogen (secondary N) is 3. The lowest BCUT2D eigenvalue weighted by atomic mass is 9.67. The van der Waals surface area contributed by atoms with E-state index in [0.29, 0.717) is 31.3 Å². The van der Waals surface area contributed by atoms with Crippen LogP contribution in [0, 0.1) is 17.5 Å². The first kappa shape index (κ1) is 59.7. The van der Waals surface area contributed by atoms with Crippen LogP contribution in [0.2, 0.25) is 0 Å². The third-order valence-corrected chi connectivity index (χ3v) is 21.6. The van der Waals surface area contributed by atoms with Gasteiger partial charge in [-0.25, -0.2) is 28.1 Å². The van der Waals surface area contributed by atoms with Gasteiger partial charge in [-0.2, -0.15) is 0 Å². The molecule has 0 radical (unpaired) electrons. The van der Waals surface area contributed by atoms with Crippen molar-refractivity contribution >= 4 is 49.4 Å². The van der Waals surface area contributed by atoms with E-state index in [0.717, 1.165) is 152 Å². The third kappa shape index (κ3) is 14.2. The van der Waals surface area contributed by atoms with E-state index < -0.39 is 0 Å². The Kier molecular flexibility index (Phi) is 21.0. The van der Waals surface area contributed by atoms with Gasteiger partial charge >= 0.3 is 0 Å². The van der Waals surface area contributed by atoms with Crippen molar-refractivity contribution in [1.82, 2.24) is 29.7 Å². The molecule has 10 nitrogen and oxygen atoms in total. The Labute approximate surface area is 493 Å². The van der Waals surface area contributed by atoms with Crippen molar-refractivity contribution in [3.63, 3.8) is 0 Å². The fourth-order valence-electron chi connectivity index (χ4n) is 14.4. The molecule has 4 saturated heterocycles. The Bertz CT molecular complexity index is 2570. The van der Waals surface area contributed by atoms with Crippen molar-refractivity contribution in [1.29, 1.82) is 0 Å². The van der Waals surface area contributed by atoms with Gasteiger partial charge in [-0.15, -0.1) is 34.0 Å². The SMILES string of the molecule is CN1CCCC1CCNc1nc(C2(c3ccccc3F)CCOCC2)cs1.CN1CCC[C@@H]1CCNc1nc(C2(c3ccccc3F)CCCCC2)cs1.CN1CCC[C@H]1CCNc1nc(C2(c3ccccc3F)CCCCC2)cs1. The highest BCUT2D eigenvalue weighted by molar-refractivity contribution is 7.14. The maximum atomic E-state index is 14.7. The minimum absolute atomic E-state index is 0.0915. The molecule has 7 heterocycles. The minimum atomic E-state index is -0.383. The summed E-state index contributed by atoms with van der Waals surface area (Å²) in [5.74, 6) is -0.330. The quantitative estimate of drug-likeness (QED) is 0.0773. The smallest absolute Gasteiger partial charge is 0.182 e. The number of hydrogen-bond donors (Lipinski definition) is 3. The molecule has 6 fully saturated rings. The Balaban J connectivity index is 0.000000136. The van der Waals surface area contributed by atoms with E-state index in [-0.39, 0.29) is 33.7 Å². The lowest BCUT2D eigenvalue weighted by Crippen LogP contribution is -2.36. The van der Waals surface area contributed by atoms with Crippen LogP contribution in [-0.2, 0) is 21.0 Å². The standard InChI is InChI=1S/2C22H30FN3S.C21H28FN3OS/c2*1-26-15-7-8-17(26)11-14-24-21-25-20(16-27-21)22(12-5-2-6-13-22)18-9-3-4-10-19(18)23;1-25-12-4-5-16(25)8-11-23-20-24-19(15-27-20)21(9-13-26-14-10-21)17-6-2-3-7-18(17)22/h2*3-4,9-10,16-17H,2,5-8,11-15H2,1H3,(H,24,25);2-3,6-7,15-16H,4-5,8-14H2,1H3,(H,23,24)/t2*17-;/m10./s1. The number of nitrogens with zero attached hydrogens (tertiary/aromatic N) is 6. The zero-order valence-electron chi connectivity index (χ0n) is 48.3. The number of ether oxygens (including phenoxy) is 1. The summed E-state index contributed by atoms with van der Waals surface area (Å²) in [5.41, 5.74) is 4.58. The van der Waals surface area contributed by atoms with Gasteiger partial charge in [0.15, 0.2) is 15.4 Å². The van der Waals surface area contributed by atoms with Crippen LogP contribution >= 0.6 is 34.0 Å². The summed E-state index contributed by atoms with van der Waals surface area (Å²) >= 11 is 4.96. The number of aromatic nitrogens is 3. The summed E-state index contributed by atoms with van der Waals surface area (Å²) < 4.78 is 49.6. The van der Waals surface area contributed by atoms with Gasteiger partial charge in [-0.05, 0) is 166 Å². The molecule has 0 amide bonds. The molecule has 4 aliphatic heterocycles. The maximum Gasteiger partial charge on any atom is 0.182 e. The van der Waals surface area contributed by atoms with Crippen LogP contribution in [0.5, 0.6) is 0 Å². The van der Waals surface area contributed by atoms with Gasteiger partial charge in [-0.1, -0.05) is 93.1 Å². The zero-order chi connectivity index (χ0) is 56.1. The van der Waals surface area contributed by atoms with Crippen LogP contribution in [0.25, 0.3) is 0 Å². The molecular formula is C65H88F3N9OS3. The van der Waals surface area contributed by atoms with Gasteiger partial charge in [0, 0.05) is 88.9 Å². The third-order valence-electron chi connectivity index (χ3n) is 19.2. The van der Waals surface area contributed by atoms with E-state index in [2.05, 4.69) is 67.9 Å². The van der Waals surface area contributed by atoms with E-state index in [1.807, 2.05) is 36.4 Å². The predicted octanol–water partition coefficient (Wildman–Crippen LogP) is 15.1. The fourth-order valence-corrected chi connectivity index (χ4v) is 16.9. The predicted molar refractivity (Wildman–Crippen MR) is 330 cm³/mol. The van der Waals surface area contributed by atoms with Crippen LogP contribution in [0.3, 0.4) is 0 Å². The van der Waals surface area contributed by atoms with E-state index in [9.17, 15) is 13.2 Å². The first-order chi connectivity index (χ1) is 39.6. The molecule has 2 aliphatic carbocycles. The van der Waals surface area contributed by atoms with E-state index in [4.69, 9.17) is 19.7 Å². The van der Waals surface area contributed by atoms with E-state index in [1.54, 1.807) is 70.4 Å². The molecule has 3 N–H and O–H groups in total. The highest BCUT2D eigenvalue weighted by Crippen LogP contribution is 2.48. The fraction of sp³-hybridized carbons (Fsp3) is 0.585. The number of rotatable bonds is 18. The minimum Gasteiger partial charge on any atom is -0.381 e. The second kappa shape index (κ2) is 28.4. The van der Waals surface area contributed by atoms with Gasteiger partial charge in [0.1, 0.15) is 17.5 Å². The molecule has 3 aromatic heterocycles. The number of anilines is 3. The first-order valence-electron chi connectivity index (χ1n) is 30.6. The molecule has 6 aromatic rings. The molecular weight excluding hydrogens is 1080 g/mol. The van der Waals surface area contributed by atoms with Crippen molar-refractivity contribution < 1.29 is 17.9 Å². The normalized spacial score (nSPS) is 22.8. The number of thiazole rings is 3. The molecule has 12 rings (SSSR count). The van der Waals surface area contributed by atoms with Gasteiger partial charge in [0.25, 0.3) is 0 Å². The van der Waals surface area contributed by atoms with Crippen molar-refractivity contribution in [2.24, 2.45) is 0 Å². The lowest BCUT2D eigenvalue weighted by Gasteiger charge is -2.36.